The fourth-order valence-electron chi connectivity index (χ4n) is 2.10. The van der Waals surface area contributed by atoms with Gasteiger partial charge in [-0.1, -0.05) is 18.2 Å². The molecule has 2 N–H and O–H groups in total. The van der Waals surface area contributed by atoms with E-state index in [1.54, 1.807) is 0 Å². The molecule has 0 spiro atoms. The van der Waals surface area contributed by atoms with Crippen molar-refractivity contribution in [3.05, 3.63) is 60.3 Å². The quantitative estimate of drug-likeness (QED) is 0.667. The number of hydrogen-bond acceptors (Lipinski definition) is 1. The molecule has 3 aromatic rings. The van der Waals surface area contributed by atoms with E-state index in [0.717, 1.165) is 11.4 Å². The van der Waals surface area contributed by atoms with Crippen LogP contribution >= 0.6 is 0 Å². The SMILES string of the molecule is Cc1c(Nc2ccccc2)ccc2[nH]ccc12. The van der Waals surface area contributed by atoms with Gasteiger partial charge in [-0.2, -0.15) is 0 Å². The lowest BCUT2D eigenvalue weighted by molar-refractivity contribution is 1.45. The van der Waals surface area contributed by atoms with E-state index in [0.29, 0.717) is 0 Å². The fraction of sp³-hybridized carbons (Fsp3) is 0.0667. The van der Waals surface area contributed by atoms with E-state index >= 15 is 0 Å². The van der Waals surface area contributed by atoms with Gasteiger partial charge in [-0.3, -0.25) is 0 Å². The second-order valence-corrected chi connectivity index (χ2v) is 4.17. The van der Waals surface area contributed by atoms with Crippen LogP contribution < -0.4 is 5.32 Å². The average molecular weight is 222 g/mol. The lowest BCUT2D eigenvalue weighted by Gasteiger charge is -2.10. The molecule has 0 aliphatic carbocycles. The number of aromatic amines is 1. The van der Waals surface area contributed by atoms with Crippen molar-refractivity contribution in [2.45, 2.75) is 6.92 Å². The molecular weight excluding hydrogens is 208 g/mol. The molecule has 0 fully saturated rings. The second kappa shape index (κ2) is 3.98. The van der Waals surface area contributed by atoms with E-state index < -0.39 is 0 Å². The van der Waals surface area contributed by atoms with E-state index in [1.165, 1.54) is 16.5 Å². The summed E-state index contributed by atoms with van der Waals surface area (Å²) in [4.78, 5) is 3.22. The smallest absolute Gasteiger partial charge is 0.0458 e. The zero-order valence-corrected chi connectivity index (χ0v) is 9.70. The lowest BCUT2D eigenvalue weighted by atomic mass is 10.1. The number of fused-ring (bicyclic) bond motifs is 1. The molecule has 0 amide bonds. The van der Waals surface area contributed by atoms with Gasteiger partial charge in [0.2, 0.25) is 0 Å². The molecule has 84 valence electrons. The van der Waals surface area contributed by atoms with Crippen molar-refractivity contribution in [2.75, 3.05) is 5.32 Å². The minimum absolute atomic E-state index is 1.12. The van der Waals surface area contributed by atoms with Crippen LogP contribution in [0.15, 0.2) is 54.7 Å². The third-order valence-electron chi connectivity index (χ3n) is 3.06. The first-order valence-electron chi connectivity index (χ1n) is 5.73. The average Bonchev–Trinajstić information content (AvgIpc) is 2.83. The predicted octanol–water partition coefficient (Wildman–Crippen LogP) is 4.22. The maximum atomic E-state index is 3.44. The molecule has 1 heterocycles. The Kier molecular flexibility index (Phi) is 2.33. The van der Waals surface area contributed by atoms with Gasteiger partial charge in [0.05, 0.1) is 0 Å². The van der Waals surface area contributed by atoms with Gasteiger partial charge in [-0.25, -0.2) is 0 Å². The predicted molar refractivity (Wildman–Crippen MR) is 72.8 cm³/mol. The van der Waals surface area contributed by atoms with Crippen molar-refractivity contribution < 1.29 is 0 Å². The van der Waals surface area contributed by atoms with Crippen LogP contribution in [-0.2, 0) is 0 Å². The van der Waals surface area contributed by atoms with Crippen molar-refractivity contribution in [3.8, 4) is 0 Å². The van der Waals surface area contributed by atoms with Gasteiger partial charge in [0.1, 0.15) is 0 Å². The van der Waals surface area contributed by atoms with Gasteiger partial charge in [-0.05, 0) is 42.8 Å². The highest BCUT2D eigenvalue weighted by atomic mass is 14.9. The Morgan fingerprint density at radius 3 is 2.59 bits per heavy atom. The maximum absolute atomic E-state index is 3.44. The van der Waals surface area contributed by atoms with Crippen molar-refractivity contribution in [3.63, 3.8) is 0 Å². The van der Waals surface area contributed by atoms with Gasteiger partial charge in [-0.15, -0.1) is 0 Å². The van der Waals surface area contributed by atoms with Crippen molar-refractivity contribution >= 4 is 22.3 Å². The van der Waals surface area contributed by atoms with Crippen LogP contribution in [0.4, 0.5) is 11.4 Å². The van der Waals surface area contributed by atoms with Crippen LogP contribution in [0.25, 0.3) is 10.9 Å². The van der Waals surface area contributed by atoms with Crippen LogP contribution in [0.2, 0.25) is 0 Å². The van der Waals surface area contributed by atoms with E-state index in [9.17, 15) is 0 Å². The number of aryl methyl sites for hydroxylation is 1. The number of aromatic nitrogens is 1. The zero-order chi connectivity index (χ0) is 11.7. The summed E-state index contributed by atoms with van der Waals surface area (Å²) in [5.41, 5.74) is 4.72. The summed E-state index contributed by atoms with van der Waals surface area (Å²) in [5, 5.41) is 4.71. The second-order valence-electron chi connectivity index (χ2n) is 4.17. The van der Waals surface area contributed by atoms with E-state index in [4.69, 9.17) is 0 Å². The molecule has 2 heteroatoms. The molecule has 0 aliphatic rings. The Bertz CT molecular complexity index is 638. The van der Waals surface area contributed by atoms with Crippen molar-refractivity contribution in [2.24, 2.45) is 0 Å². The molecule has 0 radical (unpaired) electrons. The zero-order valence-electron chi connectivity index (χ0n) is 9.70. The number of nitrogens with one attached hydrogen (secondary N) is 2. The van der Waals surface area contributed by atoms with Gasteiger partial charge in [0.15, 0.2) is 0 Å². The minimum Gasteiger partial charge on any atom is -0.361 e. The Balaban J connectivity index is 2.03. The standard InChI is InChI=1S/C15H14N2/c1-11-13-9-10-16-15(13)8-7-14(11)17-12-5-3-2-4-6-12/h2-10,16-17H,1H3. The Morgan fingerprint density at radius 1 is 0.941 bits per heavy atom. The molecule has 3 rings (SSSR count). The van der Waals surface area contributed by atoms with E-state index in [2.05, 4.69) is 47.6 Å². The number of para-hydroxylation sites is 1. The molecule has 2 nitrogen and oxygen atoms in total. The highest BCUT2D eigenvalue weighted by molar-refractivity contribution is 5.88. The first-order valence-corrected chi connectivity index (χ1v) is 5.73. The fourth-order valence-corrected chi connectivity index (χ4v) is 2.10. The molecule has 0 atom stereocenters. The first-order chi connectivity index (χ1) is 8.34. The molecule has 1 aromatic heterocycles. The van der Waals surface area contributed by atoms with E-state index in [-0.39, 0.29) is 0 Å². The van der Waals surface area contributed by atoms with Gasteiger partial charge < -0.3 is 10.3 Å². The van der Waals surface area contributed by atoms with E-state index in [1.807, 2.05) is 24.4 Å². The molecule has 0 bridgehead atoms. The summed E-state index contributed by atoms with van der Waals surface area (Å²) < 4.78 is 0. The van der Waals surface area contributed by atoms with Crippen molar-refractivity contribution in [1.82, 2.24) is 4.98 Å². The third-order valence-corrected chi connectivity index (χ3v) is 3.06. The molecule has 0 unspecified atom stereocenters. The molecular formula is C15H14N2. The third kappa shape index (κ3) is 1.78. The summed E-state index contributed by atoms with van der Waals surface area (Å²) in [6.45, 7) is 2.14. The molecule has 0 saturated heterocycles. The van der Waals surface area contributed by atoms with Crippen LogP contribution in [0.5, 0.6) is 0 Å². The Hall–Kier alpha value is -2.22. The molecule has 0 aliphatic heterocycles. The lowest BCUT2D eigenvalue weighted by Crippen LogP contribution is -1.92. The van der Waals surface area contributed by atoms with Crippen LogP contribution in [-0.4, -0.2) is 4.98 Å². The number of anilines is 2. The highest BCUT2D eigenvalue weighted by Gasteiger charge is 2.03. The number of benzene rings is 2. The maximum Gasteiger partial charge on any atom is 0.0458 e. The van der Waals surface area contributed by atoms with Crippen molar-refractivity contribution in [1.29, 1.82) is 0 Å². The van der Waals surface area contributed by atoms with Crippen LogP contribution in [0.3, 0.4) is 0 Å². The van der Waals surface area contributed by atoms with Gasteiger partial charge in [0.25, 0.3) is 0 Å². The Labute approximate surface area is 100 Å². The normalized spacial score (nSPS) is 10.6. The van der Waals surface area contributed by atoms with Gasteiger partial charge >= 0.3 is 0 Å². The summed E-state index contributed by atoms with van der Waals surface area (Å²) in [5.74, 6) is 0. The molecule has 17 heavy (non-hydrogen) atoms. The first kappa shape index (κ1) is 9.97. The number of H-pyrrole nitrogens is 1. The topological polar surface area (TPSA) is 27.8 Å². The minimum atomic E-state index is 1.12. The van der Waals surface area contributed by atoms with Crippen LogP contribution in [0.1, 0.15) is 5.56 Å². The summed E-state index contributed by atoms with van der Waals surface area (Å²) >= 11 is 0. The number of rotatable bonds is 2. The summed E-state index contributed by atoms with van der Waals surface area (Å²) in [6, 6.07) is 16.6. The largest absolute Gasteiger partial charge is 0.361 e. The Morgan fingerprint density at radius 2 is 1.76 bits per heavy atom. The highest BCUT2D eigenvalue weighted by Crippen LogP contribution is 2.27. The monoisotopic (exact) mass is 222 g/mol. The summed E-state index contributed by atoms with van der Waals surface area (Å²) in [6.07, 6.45) is 1.98. The summed E-state index contributed by atoms with van der Waals surface area (Å²) in [7, 11) is 0. The molecule has 0 saturated carbocycles. The molecule has 2 aromatic carbocycles. The number of hydrogen-bond donors (Lipinski definition) is 2. The van der Waals surface area contributed by atoms with Gasteiger partial charge in [0, 0.05) is 28.5 Å². The van der Waals surface area contributed by atoms with Crippen LogP contribution in [0, 0.1) is 6.92 Å².